The molecule has 2 aliphatic heterocycles. The monoisotopic (exact) mass is 720 g/mol. The van der Waals surface area contributed by atoms with Crippen LogP contribution in [0.25, 0.3) is 17.0 Å². The van der Waals surface area contributed by atoms with Crippen LogP contribution in [0, 0.1) is 12.8 Å². The van der Waals surface area contributed by atoms with E-state index in [0.29, 0.717) is 32.7 Å². The molecule has 0 spiro atoms. The van der Waals surface area contributed by atoms with Crippen LogP contribution >= 0.6 is 23.8 Å². The van der Waals surface area contributed by atoms with E-state index in [4.69, 9.17) is 47.0 Å². The second-order valence-corrected chi connectivity index (χ2v) is 15.0. The maximum Gasteiger partial charge on any atom is 0.336 e. The lowest BCUT2D eigenvalue weighted by molar-refractivity contribution is 0.00198. The number of fused-ring (bicyclic) bond motifs is 6. The average molecular weight is 721 g/mol. The molecule has 2 N–H and O–H groups in total. The van der Waals surface area contributed by atoms with Gasteiger partial charge < -0.3 is 33.6 Å². The van der Waals surface area contributed by atoms with Crippen LogP contribution in [0.2, 0.25) is 5.02 Å². The zero-order valence-corrected chi connectivity index (χ0v) is 31.5. The Kier molecular flexibility index (Phi) is 10.9. The number of benzene rings is 2. The van der Waals surface area contributed by atoms with Gasteiger partial charge >= 0.3 is 5.63 Å². The highest BCUT2D eigenvalue weighted by Crippen LogP contribution is 2.52. The van der Waals surface area contributed by atoms with Crippen molar-refractivity contribution in [2.45, 2.75) is 98.6 Å². The van der Waals surface area contributed by atoms with Crippen LogP contribution in [0.1, 0.15) is 101 Å². The van der Waals surface area contributed by atoms with E-state index in [0.717, 1.165) is 51.9 Å². The largest absolute Gasteiger partial charge is 0.489 e. The van der Waals surface area contributed by atoms with Crippen molar-refractivity contribution in [2.24, 2.45) is 11.1 Å². The molecule has 11 heteroatoms. The number of halogens is 1. The molecule has 0 aliphatic carbocycles. The SMILES string of the molecule is CCCc1cc(=O)oc2c3c(c4c(c12)OC(C)(C)C=C4)O[C@@H](C)[C@H](C)[C@@H]3O.Cc1occc1C(=S)Nc1ccc(Cl)c(/C=N/OC(C)(C)C)c1. The zero-order valence-electron chi connectivity index (χ0n) is 30.0. The number of thiocarbonyl (C=S) groups is 1. The third-order valence-electron chi connectivity index (χ3n) is 8.50. The predicted octanol–water partition coefficient (Wildman–Crippen LogP) is 9.56. The molecule has 0 saturated heterocycles. The second-order valence-electron chi connectivity index (χ2n) is 14.2. The van der Waals surface area contributed by atoms with Crippen LogP contribution in [0.4, 0.5) is 5.69 Å². The van der Waals surface area contributed by atoms with Crippen molar-refractivity contribution in [1.82, 2.24) is 0 Å². The van der Waals surface area contributed by atoms with E-state index in [1.165, 1.54) is 6.07 Å². The van der Waals surface area contributed by atoms with Crippen molar-refractivity contribution in [2.75, 3.05) is 5.32 Å². The van der Waals surface area contributed by atoms with Gasteiger partial charge in [-0.3, -0.25) is 0 Å². The molecule has 0 amide bonds. The van der Waals surface area contributed by atoms with E-state index in [2.05, 4.69) is 17.4 Å². The van der Waals surface area contributed by atoms with E-state index in [1.54, 1.807) is 18.5 Å². The Morgan fingerprint density at radius 1 is 1.18 bits per heavy atom. The molecule has 2 aromatic heterocycles. The molecular formula is C39H45ClN2O7S. The van der Waals surface area contributed by atoms with Crippen LogP contribution in [-0.2, 0) is 11.3 Å². The Hall–Kier alpha value is -4.12. The number of nitrogens with zero attached hydrogens (tertiary/aromatic N) is 1. The van der Waals surface area contributed by atoms with Crippen molar-refractivity contribution >= 4 is 57.8 Å². The summed E-state index contributed by atoms with van der Waals surface area (Å²) in [6.07, 6.45) is 7.85. The molecular weight excluding hydrogens is 676 g/mol. The first-order chi connectivity index (χ1) is 23.5. The number of hydrogen-bond donors (Lipinski definition) is 2. The zero-order chi connectivity index (χ0) is 36.5. The van der Waals surface area contributed by atoms with E-state index in [9.17, 15) is 9.90 Å². The molecule has 4 heterocycles. The molecule has 0 radical (unpaired) electrons. The third kappa shape index (κ3) is 8.09. The summed E-state index contributed by atoms with van der Waals surface area (Å²) in [6.45, 7) is 17.6. The molecule has 2 aliphatic rings. The van der Waals surface area contributed by atoms with Crippen LogP contribution in [0.3, 0.4) is 0 Å². The lowest BCUT2D eigenvalue weighted by Crippen LogP contribution is -2.34. The molecule has 4 aromatic rings. The lowest BCUT2D eigenvalue weighted by Gasteiger charge is -2.37. The molecule has 0 fully saturated rings. The van der Waals surface area contributed by atoms with Crippen LogP contribution in [0.5, 0.6) is 11.5 Å². The first-order valence-corrected chi connectivity index (χ1v) is 17.5. The minimum absolute atomic E-state index is 0.121. The van der Waals surface area contributed by atoms with Crippen LogP contribution < -0.4 is 20.4 Å². The number of oxime groups is 1. The number of furan rings is 1. The standard InChI is InChI=1S/C22H26O5.C17H19ClN2O2S/c1-6-7-13-10-15(23)26-21-16(13)20-14(8-9-22(4,5)27-20)19-17(21)18(24)11(2)12(3)25-19;1-11-14(7-8-21-11)16(23)20-13-5-6-15(18)12(9-13)10-19-22-17(2,3)4/h8-12,18,24H,6-7H2,1-5H3;5-10H,1-4H3,(H,20,23)/b;19-10+/t11-,12-,18-;/m0./s1. The minimum Gasteiger partial charge on any atom is -0.489 e. The van der Waals surface area contributed by atoms with Gasteiger partial charge in [-0.15, -0.1) is 0 Å². The van der Waals surface area contributed by atoms with Crippen molar-refractivity contribution in [3.63, 3.8) is 0 Å². The molecule has 0 bridgehead atoms. The predicted molar refractivity (Wildman–Crippen MR) is 203 cm³/mol. The molecule has 2 aromatic carbocycles. The minimum atomic E-state index is -0.778. The van der Waals surface area contributed by atoms with E-state index in [-0.39, 0.29) is 17.6 Å². The Morgan fingerprint density at radius 2 is 1.92 bits per heavy atom. The highest BCUT2D eigenvalue weighted by molar-refractivity contribution is 7.81. The average Bonchev–Trinajstić information content (AvgIpc) is 3.46. The Bertz CT molecular complexity index is 2020. The van der Waals surface area contributed by atoms with E-state index < -0.39 is 17.3 Å². The first kappa shape index (κ1) is 37.1. The summed E-state index contributed by atoms with van der Waals surface area (Å²) >= 11 is 11.6. The van der Waals surface area contributed by atoms with Gasteiger partial charge in [-0.05, 0) is 96.9 Å². The Morgan fingerprint density at radius 3 is 2.58 bits per heavy atom. The van der Waals surface area contributed by atoms with Gasteiger partial charge in [-0.25, -0.2) is 4.79 Å². The van der Waals surface area contributed by atoms with Gasteiger partial charge in [0, 0.05) is 28.3 Å². The van der Waals surface area contributed by atoms with E-state index in [1.807, 2.05) is 85.7 Å². The van der Waals surface area contributed by atoms with Gasteiger partial charge in [0.1, 0.15) is 39.6 Å². The number of nitrogens with one attached hydrogen (secondary N) is 1. The summed E-state index contributed by atoms with van der Waals surface area (Å²) in [4.78, 5) is 18.2. The van der Waals surface area contributed by atoms with Gasteiger partial charge in [0.15, 0.2) is 5.58 Å². The summed E-state index contributed by atoms with van der Waals surface area (Å²) in [5.41, 5.74) is 3.80. The fraction of sp³-hybridized carbons (Fsp3) is 0.410. The van der Waals surface area contributed by atoms with Gasteiger partial charge in [-0.1, -0.05) is 49.2 Å². The quantitative estimate of drug-likeness (QED) is 0.0870. The van der Waals surface area contributed by atoms with Crippen molar-refractivity contribution < 1.29 is 28.3 Å². The first-order valence-electron chi connectivity index (χ1n) is 16.8. The summed E-state index contributed by atoms with van der Waals surface area (Å²) in [7, 11) is 0. The van der Waals surface area contributed by atoms with Gasteiger partial charge in [-0.2, -0.15) is 0 Å². The van der Waals surface area contributed by atoms with Crippen LogP contribution in [0.15, 0.2) is 61.5 Å². The number of rotatable bonds is 6. The smallest absolute Gasteiger partial charge is 0.336 e. The molecule has 0 unspecified atom stereocenters. The molecule has 50 heavy (non-hydrogen) atoms. The number of aryl methyl sites for hydroxylation is 2. The Balaban J connectivity index is 0.000000197. The molecule has 9 nitrogen and oxygen atoms in total. The van der Waals surface area contributed by atoms with Crippen molar-refractivity contribution in [1.29, 1.82) is 0 Å². The number of anilines is 1. The number of ether oxygens (including phenoxy) is 2. The third-order valence-corrected chi connectivity index (χ3v) is 9.16. The second kappa shape index (κ2) is 14.6. The summed E-state index contributed by atoms with van der Waals surface area (Å²) < 4.78 is 23.4. The molecule has 3 atom stereocenters. The maximum atomic E-state index is 12.3. The highest BCUT2D eigenvalue weighted by Gasteiger charge is 2.39. The molecule has 6 rings (SSSR count). The normalized spacial score (nSPS) is 19.1. The number of aliphatic hydroxyl groups excluding tert-OH is 1. The molecule has 266 valence electrons. The number of hydrogen-bond acceptors (Lipinski definition) is 9. The Labute approximate surface area is 303 Å². The summed E-state index contributed by atoms with van der Waals surface area (Å²) in [5, 5.41) is 19.5. The van der Waals surface area contributed by atoms with Crippen molar-refractivity contribution in [3.05, 3.63) is 91.7 Å². The van der Waals surface area contributed by atoms with Crippen LogP contribution in [-0.4, -0.2) is 33.6 Å². The van der Waals surface area contributed by atoms with Crippen molar-refractivity contribution in [3.8, 4) is 11.5 Å². The lowest BCUT2D eigenvalue weighted by atomic mass is 9.85. The van der Waals surface area contributed by atoms with Gasteiger partial charge in [0.2, 0.25) is 0 Å². The van der Waals surface area contributed by atoms with Gasteiger partial charge in [0.05, 0.1) is 40.7 Å². The highest BCUT2D eigenvalue weighted by atomic mass is 35.5. The number of aliphatic hydroxyl groups is 1. The maximum absolute atomic E-state index is 12.3. The summed E-state index contributed by atoms with van der Waals surface area (Å²) in [5.74, 6) is 1.87. The topological polar surface area (TPSA) is 116 Å². The molecule has 0 saturated carbocycles. The van der Waals surface area contributed by atoms with E-state index >= 15 is 0 Å². The summed E-state index contributed by atoms with van der Waals surface area (Å²) in [6, 6.07) is 8.87. The fourth-order valence-electron chi connectivity index (χ4n) is 5.76. The van der Waals surface area contributed by atoms with Gasteiger partial charge in [0.25, 0.3) is 0 Å². The fourth-order valence-corrected chi connectivity index (χ4v) is 6.26.